The molecule has 126 valence electrons. The molecule has 1 amide bonds. The van der Waals surface area contributed by atoms with Gasteiger partial charge in [0.05, 0.1) is 7.11 Å². The average Bonchev–Trinajstić information content (AvgIpc) is 2.61. The minimum absolute atomic E-state index is 0.0628. The van der Waals surface area contributed by atoms with E-state index < -0.39 is 0 Å². The van der Waals surface area contributed by atoms with Crippen molar-refractivity contribution in [1.29, 1.82) is 0 Å². The molecule has 1 aromatic heterocycles. The average molecular weight is 325 g/mol. The van der Waals surface area contributed by atoms with Crippen LogP contribution in [0.1, 0.15) is 21.5 Å². The lowest BCUT2D eigenvalue weighted by Gasteiger charge is -2.36. The summed E-state index contributed by atoms with van der Waals surface area (Å²) in [5.41, 5.74) is 3.25. The summed E-state index contributed by atoms with van der Waals surface area (Å²) < 4.78 is 5.21. The fraction of sp³-hybridized carbons (Fsp3) is 0.368. The zero-order chi connectivity index (χ0) is 17.1. The molecule has 2 heterocycles. The molecule has 0 saturated carbocycles. The molecular formula is C19H23N3O2. The summed E-state index contributed by atoms with van der Waals surface area (Å²) in [6.07, 6.45) is 2.58. The molecule has 1 aromatic carbocycles. The van der Waals surface area contributed by atoms with E-state index in [9.17, 15) is 4.79 Å². The Bertz CT molecular complexity index is 732. The minimum atomic E-state index is -0.0628. The van der Waals surface area contributed by atoms with Gasteiger partial charge in [-0.05, 0) is 36.7 Å². The summed E-state index contributed by atoms with van der Waals surface area (Å²) in [7, 11) is 5.48. The molecule has 24 heavy (non-hydrogen) atoms. The number of likely N-dealkylation sites (N-methyl/N-ethyl adjacent to an activating group) is 2. The standard InChI is InChI=1S/C19H23N3O2/c1-21-12-15-8-5-4-7-14(15)11-16(21)13-22(2)19(23)17-9-6-10-20-18(17)24-3/h4-10,16H,11-13H2,1-3H3. The highest BCUT2D eigenvalue weighted by molar-refractivity contribution is 5.96. The number of carbonyl (C=O) groups is 1. The lowest BCUT2D eigenvalue weighted by atomic mass is 9.94. The number of rotatable bonds is 4. The molecular weight excluding hydrogens is 302 g/mol. The van der Waals surface area contributed by atoms with E-state index in [1.54, 1.807) is 23.2 Å². The van der Waals surface area contributed by atoms with Crippen LogP contribution in [-0.2, 0) is 13.0 Å². The molecule has 0 aliphatic carbocycles. The van der Waals surface area contributed by atoms with Crippen molar-refractivity contribution < 1.29 is 9.53 Å². The fourth-order valence-corrected chi connectivity index (χ4v) is 3.24. The van der Waals surface area contributed by atoms with Gasteiger partial charge in [0.15, 0.2) is 0 Å². The molecule has 0 N–H and O–H groups in total. The van der Waals surface area contributed by atoms with Crippen molar-refractivity contribution in [2.24, 2.45) is 0 Å². The van der Waals surface area contributed by atoms with E-state index in [0.29, 0.717) is 24.0 Å². The van der Waals surface area contributed by atoms with Crippen molar-refractivity contribution in [3.63, 3.8) is 0 Å². The van der Waals surface area contributed by atoms with Crippen molar-refractivity contribution in [2.45, 2.75) is 19.0 Å². The number of pyridine rings is 1. The van der Waals surface area contributed by atoms with Crippen LogP contribution in [0.15, 0.2) is 42.6 Å². The zero-order valence-electron chi connectivity index (χ0n) is 14.4. The molecule has 5 heteroatoms. The lowest BCUT2D eigenvalue weighted by molar-refractivity contribution is 0.0729. The van der Waals surface area contributed by atoms with Gasteiger partial charge in [0, 0.05) is 32.4 Å². The third-order valence-corrected chi connectivity index (χ3v) is 4.64. The monoisotopic (exact) mass is 325 g/mol. The van der Waals surface area contributed by atoms with Gasteiger partial charge in [-0.3, -0.25) is 9.69 Å². The Labute approximate surface area is 142 Å². The Morgan fingerprint density at radius 1 is 1.29 bits per heavy atom. The Hall–Kier alpha value is -2.40. The predicted molar refractivity (Wildman–Crippen MR) is 93.2 cm³/mol. The van der Waals surface area contributed by atoms with E-state index in [0.717, 1.165) is 13.0 Å². The van der Waals surface area contributed by atoms with E-state index in [2.05, 4.69) is 41.2 Å². The quantitative estimate of drug-likeness (QED) is 0.865. The molecule has 5 nitrogen and oxygen atoms in total. The number of carbonyl (C=O) groups excluding carboxylic acids is 1. The van der Waals surface area contributed by atoms with Gasteiger partial charge in [0.1, 0.15) is 5.56 Å². The Morgan fingerprint density at radius 2 is 2.04 bits per heavy atom. The van der Waals surface area contributed by atoms with Gasteiger partial charge in [0.2, 0.25) is 5.88 Å². The van der Waals surface area contributed by atoms with Crippen LogP contribution in [0.4, 0.5) is 0 Å². The highest BCUT2D eigenvalue weighted by Crippen LogP contribution is 2.23. The van der Waals surface area contributed by atoms with E-state index >= 15 is 0 Å². The number of methoxy groups -OCH3 is 1. The van der Waals surface area contributed by atoms with Crippen molar-refractivity contribution in [3.8, 4) is 5.88 Å². The second kappa shape index (κ2) is 7.01. The van der Waals surface area contributed by atoms with Crippen LogP contribution >= 0.6 is 0 Å². The van der Waals surface area contributed by atoms with Gasteiger partial charge in [-0.25, -0.2) is 4.98 Å². The number of amides is 1. The fourth-order valence-electron chi connectivity index (χ4n) is 3.24. The maximum absolute atomic E-state index is 12.7. The maximum atomic E-state index is 12.7. The van der Waals surface area contributed by atoms with E-state index in [4.69, 9.17) is 4.74 Å². The summed E-state index contributed by atoms with van der Waals surface area (Å²) >= 11 is 0. The summed E-state index contributed by atoms with van der Waals surface area (Å²) in [5.74, 6) is 0.309. The van der Waals surface area contributed by atoms with Crippen LogP contribution in [0.3, 0.4) is 0 Å². The van der Waals surface area contributed by atoms with Crippen LogP contribution in [0.25, 0.3) is 0 Å². The molecule has 1 unspecified atom stereocenters. The van der Waals surface area contributed by atoms with Crippen LogP contribution < -0.4 is 4.74 Å². The van der Waals surface area contributed by atoms with Crippen LogP contribution in [-0.4, -0.2) is 54.5 Å². The zero-order valence-corrected chi connectivity index (χ0v) is 14.4. The first-order valence-electron chi connectivity index (χ1n) is 8.11. The number of ether oxygens (including phenoxy) is 1. The molecule has 3 rings (SSSR count). The van der Waals surface area contributed by atoms with E-state index in [1.807, 2.05) is 7.05 Å². The van der Waals surface area contributed by atoms with Crippen molar-refractivity contribution >= 4 is 5.91 Å². The number of nitrogens with zero attached hydrogens (tertiary/aromatic N) is 3. The molecule has 2 aromatic rings. The number of hydrogen-bond acceptors (Lipinski definition) is 4. The minimum Gasteiger partial charge on any atom is -0.480 e. The van der Waals surface area contributed by atoms with Gasteiger partial charge in [-0.1, -0.05) is 24.3 Å². The normalized spacial score (nSPS) is 17.2. The van der Waals surface area contributed by atoms with Crippen molar-refractivity contribution in [3.05, 3.63) is 59.3 Å². The van der Waals surface area contributed by atoms with Gasteiger partial charge >= 0.3 is 0 Å². The number of hydrogen-bond donors (Lipinski definition) is 0. The molecule has 0 fully saturated rings. The first-order chi connectivity index (χ1) is 11.6. The number of benzene rings is 1. The van der Waals surface area contributed by atoms with Gasteiger partial charge in [0.25, 0.3) is 5.91 Å². The van der Waals surface area contributed by atoms with Crippen molar-refractivity contribution in [2.75, 3.05) is 27.7 Å². The number of fused-ring (bicyclic) bond motifs is 1. The molecule has 0 bridgehead atoms. The van der Waals surface area contributed by atoms with Gasteiger partial charge in [-0.2, -0.15) is 0 Å². The Morgan fingerprint density at radius 3 is 2.79 bits per heavy atom. The Balaban J connectivity index is 1.73. The third-order valence-electron chi connectivity index (χ3n) is 4.64. The van der Waals surface area contributed by atoms with Crippen LogP contribution in [0.2, 0.25) is 0 Å². The molecule has 1 aliphatic heterocycles. The molecule has 0 saturated heterocycles. The summed E-state index contributed by atoms with van der Waals surface area (Å²) in [6, 6.07) is 12.3. The molecule has 1 atom stereocenters. The van der Waals surface area contributed by atoms with E-state index in [-0.39, 0.29) is 5.91 Å². The molecule has 0 radical (unpaired) electrons. The second-order valence-corrected chi connectivity index (χ2v) is 6.29. The van der Waals surface area contributed by atoms with Crippen LogP contribution in [0.5, 0.6) is 5.88 Å². The second-order valence-electron chi connectivity index (χ2n) is 6.29. The third kappa shape index (κ3) is 3.26. The smallest absolute Gasteiger partial charge is 0.259 e. The highest BCUT2D eigenvalue weighted by Gasteiger charge is 2.26. The van der Waals surface area contributed by atoms with Crippen LogP contribution in [0, 0.1) is 0 Å². The predicted octanol–water partition coefficient (Wildman–Crippen LogP) is 2.22. The topological polar surface area (TPSA) is 45.7 Å². The number of aromatic nitrogens is 1. The van der Waals surface area contributed by atoms with Gasteiger partial charge in [-0.15, -0.1) is 0 Å². The lowest BCUT2D eigenvalue weighted by Crippen LogP contribution is -2.46. The summed E-state index contributed by atoms with van der Waals surface area (Å²) in [5, 5.41) is 0. The maximum Gasteiger partial charge on any atom is 0.259 e. The van der Waals surface area contributed by atoms with Crippen molar-refractivity contribution in [1.82, 2.24) is 14.8 Å². The van der Waals surface area contributed by atoms with Gasteiger partial charge < -0.3 is 9.64 Å². The summed E-state index contributed by atoms with van der Waals surface area (Å²) in [6.45, 7) is 1.58. The van der Waals surface area contributed by atoms with E-state index in [1.165, 1.54) is 18.2 Å². The SMILES string of the molecule is COc1ncccc1C(=O)N(C)CC1Cc2ccccc2CN1C. The molecule has 0 spiro atoms. The first-order valence-corrected chi connectivity index (χ1v) is 8.11. The summed E-state index contributed by atoms with van der Waals surface area (Å²) in [4.78, 5) is 20.9. The molecule has 1 aliphatic rings. The first kappa shape index (κ1) is 16.5. The highest BCUT2D eigenvalue weighted by atomic mass is 16.5. The largest absolute Gasteiger partial charge is 0.480 e. The Kier molecular flexibility index (Phi) is 4.81.